The summed E-state index contributed by atoms with van der Waals surface area (Å²) in [5.41, 5.74) is 3.45. The Morgan fingerprint density at radius 1 is 1.12 bits per heavy atom. The molecule has 0 radical (unpaired) electrons. The van der Waals surface area contributed by atoms with Gasteiger partial charge in [0, 0.05) is 10.6 Å². The molecule has 0 saturated carbocycles. The predicted octanol–water partition coefficient (Wildman–Crippen LogP) is 5.53. The van der Waals surface area contributed by atoms with Crippen LogP contribution in [-0.2, 0) is 17.8 Å². The summed E-state index contributed by atoms with van der Waals surface area (Å²) in [5.74, 6) is 1.74. The van der Waals surface area contributed by atoms with Gasteiger partial charge >= 0.3 is 0 Å². The number of aromatic nitrogens is 3. The number of thioether (sulfide) groups is 1. The van der Waals surface area contributed by atoms with E-state index in [4.69, 9.17) is 16.0 Å². The first-order valence-electron chi connectivity index (χ1n) is 10.9. The fraction of sp³-hybridized carbons (Fsp3) is 0.240. The standard InChI is InChI=1S/C25H23ClN4O2S/c26-19-12-10-18(11-13-19)24-28-29-25(30(24)15-20-7-4-14-32-20)33-16-23(31)27-22-9-3-6-17-5-1-2-8-21(17)22/h1-2,4-5,7-8,10-14,22H,3,6,9,15-16H2,(H,27,31). The van der Waals surface area contributed by atoms with Crippen molar-refractivity contribution >= 4 is 29.3 Å². The number of hydrogen-bond donors (Lipinski definition) is 1. The highest BCUT2D eigenvalue weighted by molar-refractivity contribution is 7.99. The van der Waals surface area contributed by atoms with E-state index in [1.165, 1.54) is 22.9 Å². The first-order valence-corrected chi connectivity index (χ1v) is 12.3. The Labute approximate surface area is 201 Å². The third-order valence-electron chi connectivity index (χ3n) is 5.75. The van der Waals surface area contributed by atoms with E-state index in [0.717, 1.165) is 30.6 Å². The number of aryl methyl sites for hydroxylation is 1. The van der Waals surface area contributed by atoms with E-state index in [-0.39, 0.29) is 17.7 Å². The maximum atomic E-state index is 12.8. The largest absolute Gasteiger partial charge is 0.467 e. The summed E-state index contributed by atoms with van der Waals surface area (Å²) in [6.45, 7) is 0.470. The zero-order valence-electron chi connectivity index (χ0n) is 17.9. The number of carbonyl (C=O) groups excluding carboxylic acids is 1. The number of rotatable bonds is 7. The lowest BCUT2D eigenvalue weighted by molar-refractivity contribution is -0.119. The SMILES string of the molecule is O=C(CSc1nnc(-c2ccc(Cl)cc2)n1Cc1ccco1)NC1CCCc2ccccc21. The number of halogens is 1. The van der Waals surface area contributed by atoms with Gasteiger partial charge in [-0.05, 0) is 66.8 Å². The lowest BCUT2D eigenvalue weighted by Crippen LogP contribution is -2.32. The Morgan fingerprint density at radius 2 is 1.97 bits per heavy atom. The number of nitrogens with one attached hydrogen (secondary N) is 1. The Bertz CT molecular complexity index is 1240. The molecule has 8 heteroatoms. The second-order valence-electron chi connectivity index (χ2n) is 7.98. The molecule has 0 saturated heterocycles. The minimum atomic E-state index is -0.0118. The minimum absolute atomic E-state index is 0.0118. The van der Waals surface area contributed by atoms with E-state index in [1.807, 2.05) is 47.0 Å². The number of nitrogens with zero attached hydrogens (tertiary/aromatic N) is 3. The number of fused-ring (bicyclic) bond motifs is 1. The number of hydrogen-bond acceptors (Lipinski definition) is 5. The molecule has 2 heterocycles. The minimum Gasteiger partial charge on any atom is -0.467 e. The van der Waals surface area contributed by atoms with Gasteiger partial charge in [0.15, 0.2) is 11.0 Å². The molecule has 0 fully saturated rings. The van der Waals surface area contributed by atoms with Crippen LogP contribution in [0, 0.1) is 0 Å². The number of carbonyl (C=O) groups is 1. The third-order valence-corrected chi connectivity index (χ3v) is 6.97. The van der Waals surface area contributed by atoms with Crippen molar-refractivity contribution in [3.8, 4) is 11.4 Å². The molecule has 33 heavy (non-hydrogen) atoms. The van der Waals surface area contributed by atoms with Crippen molar-refractivity contribution in [3.63, 3.8) is 0 Å². The monoisotopic (exact) mass is 478 g/mol. The zero-order chi connectivity index (χ0) is 22.6. The molecule has 5 rings (SSSR count). The second kappa shape index (κ2) is 9.85. The van der Waals surface area contributed by atoms with Gasteiger partial charge in [-0.25, -0.2) is 0 Å². The molecule has 1 atom stereocenters. The number of amides is 1. The molecule has 2 aromatic heterocycles. The molecular weight excluding hydrogens is 456 g/mol. The summed E-state index contributed by atoms with van der Waals surface area (Å²) in [4.78, 5) is 12.8. The highest BCUT2D eigenvalue weighted by atomic mass is 35.5. The normalized spacial score (nSPS) is 15.2. The molecule has 6 nitrogen and oxygen atoms in total. The van der Waals surface area contributed by atoms with Gasteiger partial charge in [0.25, 0.3) is 0 Å². The van der Waals surface area contributed by atoms with Crippen LogP contribution in [0.4, 0.5) is 0 Å². The summed E-state index contributed by atoms with van der Waals surface area (Å²) in [5, 5.41) is 13.3. The quantitative estimate of drug-likeness (QED) is 0.354. The van der Waals surface area contributed by atoms with Crippen LogP contribution in [0.3, 0.4) is 0 Å². The topological polar surface area (TPSA) is 73.0 Å². The van der Waals surface area contributed by atoms with Crippen molar-refractivity contribution in [3.05, 3.63) is 88.8 Å². The molecule has 2 aromatic carbocycles. The molecule has 0 aliphatic heterocycles. The molecular formula is C25H23ClN4O2S. The summed E-state index contributed by atoms with van der Waals surface area (Å²) < 4.78 is 7.51. The predicted molar refractivity (Wildman–Crippen MR) is 129 cm³/mol. The highest BCUT2D eigenvalue weighted by Gasteiger charge is 2.22. The van der Waals surface area contributed by atoms with Crippen molar-refractivity contribution in [2.24, 2.45) is 0 Å². The van der Waals surface area contributed by atoms with Gasteiger partial charge in [-0.1, -0.05) is 47.6 Å². The molecule has 1 aliphatic carbocycles. The molecule has 168 valence electrons. The first-order chi connectivity index (χ1) is 16.2. The van der Waals surface area contributed by atoms with E-state index in [2.05, 4.69) is 33.7 Å². The highest BCUT2D eigenvalue weighted by Crippen LogP contribution is 2.30. The fourth-order valence-corrected chi connectivity index (χ4v) is 5.05. The van der Waals surface area contributed by atoms with Gasteiger partial charge < -0.3 is 9.73 Å². The van der Waals surface area contributed by atoms with Gasteiger partial charge in [-0.15, -0.1) is 10.2 Å². The van der Waals surface area contributed by atoms with Crippen molar-refractivity contribution in [2.75, 3.05) is 5.75 Å². The molecule has 1 unspecified atom stereocenters. The lowest BCUT2D eigenvalue weighted by Gasteiger charge is -2.26. The van der Waals surface area contributed by atoms with Crippen LogP contribution in [0.25, 0.3) is 11.4 Å². The average molecular weight is 479 g/mol. The van der Waals surface area contributed by atoms with E-state index in [0.29, 0.717) is 22.5 Å². The van der Waals surface area contributed by atoms with Crippen LogP contribution in [0.15, 0.2) is 76.5 Å². The molecule has 4 aromatic rings. The van der Waals surface area contributed by atoms with Gasteiger partial charge in [-0.3, -0.25) is 9.36 Å². The van der Waals surface area contributed by atoms with E-state index >= 15 is 0 Å². The van der Waals surface area contributed by atoms with Gasteiger partial charge in [0.1, 0.15) is 5.76 Å². The van der Waals surface area contributed by atoms with Crippen LogP contribution >= 0.6 is 23.4 Å². The Hall–Kier alpha value is -3.03. The fourth-order valence-electron chi connectivity index (χ4n) is 4.18. The number of benzene rings is 2. The molecule has 0 spiro atoms. The van der Waals surface area contributed by atoms with Crippen molar-refractivity contribution in [1.29, 1.82) is 0 Å². The Kier molecular flexibility index (Phi) is 6.51. The van der Waals surface area contributed by atoms with E-state index in [1.54, 1.807) is 6.26 Å². The molecule has 1 N–H and O–H groups in total. The van der Waals surface area contributed by atoms with Gasteiger partial charge in [0.2, 0.25) is 5.91 Å². The van der Waals surface area contributed by atoms with Crippen molar-refractivity contribution in [1.82, 2.24) is 20.1 Å². The Morgan fingerprint density at radius 3 is 2.79 bits per heavy atom. The lowest BCUT2D eigenvalue weighted by atomic mass is 9.88. The summed E-state index contributed by atoms with van der Waals surface area (Å²) in [6.07, 6.45) is 4.75. The average Bonchev–Trinajstić information content (AvgIpc) is 3.49. The maximum absolute atomic E-state index is 12.8. The van der Waals surface area contributed by atoms with E-state index in [9.17, 15) is 4.79 Å². The summed E-state index contributed by atoms with van der Waals surface area (Å²) >= 11 is 7.42. The molecule has 1 amide bonds. The molecule has 0 bridgehead atoms. The first kappa shape index (κ1) is 21.8. The van der Waals surface area contributed by atoms with Crippen LogP contribution in [0.5, 0.6) is 0 Å². The second-order valence-corrected chi connectivity index (χ2v) is 9.36. The molecule has 1 aliphatic rings. The van der Waals surface area contributed by atoms with Crippen LogP contribution in [0.2, 0.25) is 5.02 Å². The Balaban J connectivity index is 1.32. The maximum Gasteiger partial charge on any atom is 0.230 e. The van der Waals surface area contributed by atoms with Crippen molar-refractivity contribution in [2.45, 2.75) is 37.0 Å². The van der Waals surface area contributed by atoms with Gasteiger partial charge in [0.05, 0.1) is 24.6 Å². The van der Waals surface area contributed by atoms with Crippen LogP contribution in [0.1, 0.15) is 35.8 Å². The third kappa shape index (κ3) is 4.99. The van der Waals surface area contributed by atoms with E-state index < -0.39 is 0 Å². The van der Waals surface area contributed by atoms with Crippen LogP contribution < -0.4 is 5.32 Å². The summed E-state index contributed by atoms with van der Waals surface area (Å²) in [6, 6.07) is 19.7. The zero-order valence-corrected chi connectivity index (χ0v) is 19.5. The number of furan rings is 1. The summed E-state index contributed by atoms with van der Waals surface area (Å²) in [7, 11) is 0. The van der Waals surface area contributed by atoms with Crippen molar-refractivity contribution < 1.29 is 9.21 Å². The van der Waals surface area contributed by atoms with Crippen LogP contribution in [-0.4, -0.2) is 26.4 Å². The van der Waals surface area contributed by atoms with Gasteiger partial charge in [-0.2, -0.15) is 0 Å². The smallest absolute Gasteiger partial charge is 0.230 e.